The maximum absolute atomic E-state index is 12.7. The van der Waals surface area contributed by atoms with Crippen LogP contribution in [0.4, 0.5) is 9.18 Å². The first kappa shape index (κ1) is 17.1. The Morgan fingerprint density at radius 3 is 2.36 bits per heavy atom. The van der Waals surface area contributed by atoms with Gasteiger partial charge in [0.2, 0.25) is 0 Å². The first-order valence-corrected chi connectivity index (χ1v) is 6.13. The van der Waals surface area contributed by atoms with Crippen LogP contribution in [0.5, 0.6) is 0 Å². The van der Waals surface area contributed by atoms with Crippen molar-refractivity contribution < 1.29 is 28.3 Å². The summed E-state index contributed by atoms with van der Waals surface area (Å²) < 4.78 is 17.2. The molecule has 1 aromatic carbocycles. The Morgan fingerprint density at radius 2 is 1.77 bits per heavy atom. The molecule has 0 spiro atoms. The summed E-state index contributed by atoms with van der Waals surface area (Å²) in [6, 6.07) is 4.00. The second-order valence-corrected chi connectivity index (χ2v) is 3.98. The molecule has 0 unspecified atom stereocenters. The topological polar surface area (TPSA) is 114 Å². The molecule has 0 aliphatic heterocycles. The molecule has 9 heteroatoms. The van der Waals surface area contributed by atoms with Gasteiger partial charge in [-0.25, -0.2) is 9.18 Å². The molecule has 0 aliphatic carbocycles. The van der Waals surface area contributed by atoms with Gasteiger partial charge in [0, 0.05) is 12.6 Å². The Hall–Kier alpha value is -2.97. The lowest BCUT2D eigenvalue weighted by atomic mass is 10.2. The van der Waals surface area contributed by atoms with Gasteiger partial charge >= 0.3 is 12.0 Å². The zero-order chi connectivity index (χ0) is 16.5. The van der Waals surface area contributed by atoms with E-state index >= 15 is 0 Å². The molecule has 0 atom stereocenters. The minimum atomic E-state index is -0.859. The van der Waals surface area contributed by atoms with E-state index in [1.807, 2.05) is 5.32 Å². The molecule has 0 heterocycles. The average molecular weight is 311 g/mol. The van der Waals surface area contributed by atoms with Crippen molar-refractivity contribution in [2.45, 2.75) is 0 Å². The fourth-order valence-corrected chi connectivity index (χ4v) is 1.28. The summed E-state index contributed by atoms with van der Waals surface area (Å²) in [6.07, 6.45) is 0. The number of imide groups is 1. The summed E-state index contributed by atoms with van der Waals surface area (Å²) in [7, 11) is 1.32. The third-order valence-corrected chi connectivity index (χ3v) is 2.34. The van der Waals surface area contributed by atoms with E-state index in [-0.39, 0.29) is 5.56 Å². The normalized spacial score (nSPS) is 9.55. The molecule has 22 heavy (non-hydrogen) atoms. The van der Waals surface area contributed by atoms with E-state index in [9.17, 15) is 23.6 Å². The van der Waals surface area contributed by atoms with Crippen LogP contribution in [0.25, 0.3) is 0 Å². The fraction of sp³-hybridized carbons (Fsp3) is 0.231. The Bertz CT molecular complexity index is 574. The van der Waals surface area contributed by atoms with Crippen LogP contribution in [-0.4, -0.2) is 44.0 Å². The zero-order valence-corrected chi connectivity index (χ0v) is 11.6. The summed E-state index contributed by atoms with van der Waals surface area (Å²) in [5, 5.41) is 6.29. The predicted molar refractivity (Wildman–Crippen MR) is 72.3 cm³/mol. The molecule has 0 aromatic heterocycles. The summed E-state index contributed by atoms with van der Waals surface area (Å²) in [5.74, 6) is -2.75. The van der Waals surface area contributed by atoms with Gasteiger partial charge in [0.15, 0.2) is 6.61 Å². The van der Waals surface area contributed by atoms with Gasteiger partial charge in [0.1, 0.15) is 12.4 Å². The number of nitrogens with one attached hydrogen (secondary N) is 3. The number of esters is 1. The summed E-state index contributed by atoms with van der Waals surface area (Å²) in [5.41, 5.74) is 0.173. The van der Waals surface area contributed by atoms with E-state index in [1.165, 1.54) is 19.2 Å². The van der Waals surface area contributed by atoms with E-state index in [1.54, 1.807) is 0 Å². The van der Waals surface area contributed by atoms with E-state index in [0.717, 1.165) is 12.1 Å². The summed E-state index contributed by atoms with van der Waals surface area (Å²) in [6.45, 7) is -1.12. The highest BCUT2D eigenvalue weighted by molar-refractivity contribution is 5.97. The Morgan fingerprint density at radius 1 is 1.14 bits per heavy atom. The molecule has 0 bridgehead atoms. The van der Waals surface area contributed by atoms with Gasteiger partial charge in [-0.3, -0.25) is 19.7 Å². The third-order valence-electron chi connectivity index (χ3n) is 2.34. The molecular formula is C13H14FN3O5. The van der Waals surface area contributed by atoms with Crippen LogP contribution in [0, 0.1) is 5.82 Å². The molecular weight excluding hydrogens is 297 g/mol. The van der Waals surface area contributed by atoms with Crippen LogP contribution in [0.2, 0.25) is 0 Å². The molecule has 1 aromatic rings. The van der Waals surface area contributed by atoms with Crippen LogP contribution in [0.15, 0.2) is 24.3 Å². The van der Waals surface area contributed by atoms with Gasteiger partial charge in [-0.15, -0.1) is 0 Å². The van der Waals surface area contributed by atoms with Gasteiger partial charge in [-0.1, -0.05) is 0 Å². The number of urea groups is 1. The highest BCUT2D eigenvalue weighted by Crippen LogP contribution is 2.02. The van der Waals surface area contributed by atoms with Crippen molar-refractivity contribution in [1.82, 2.24) is 16.0 Å². The second-order valence-electron chi connectivity index (χ2n) is 3.98. The highest BCUT2D eigenvalue weighted by atomic mass is 19.1. The van der Waals surface area contributed by atoms with Gasteiger partial charge < -0.3 is 15.4 Å². The van der Waals surface area contributed by atoms with Gasteiger partial charge in [-0.05, 0) is 24.3 Å². The molecule has 0 radical (unpaired) electrons. The third kappa shape index (κ3) is 5.99. The van der Waals surface area contributed by atoms with Crippen molar-refractivity contribution >= 4 is 23.8 Å². The summed E-state index contributed by atoms with van der Waals surface area (Å²) in [4.78, 5) is 44.9. The molecule has 1 rings (SSSR count). The SMILES string of the molecule is CNC(=O)NC(=O)COC(=O)CNC(=O)c1ccc(F)cc1. The zero-order valence-electron chi connectivity index (χ0n) is 11.6. The number of ether oxygens (including phenoxy) is 1. The van der Waals surface area contributed by atoms with Crippen molar-refractivity contribution in [2.24, 2.45) is 0 Å². The van der Waals surface area contributed by atoms with Crippen LogP contribution in [-0.2, 0) is 14.3 Å². The first-order chi connectivity index (χ1) is 10.4. The molecule has 0 saturated carbocycles. The number of carbonyl (C=O) groups is 4. The van der Waals surface area contributed by atoms with Crippen molar-refractivity contribution in [2.75, 3.05) is 20.2 Å². The van der Waals surface area contributed by atoms with Crippen molar-refractivity contribution in [3.05, 3.63) is 35.6 Å². The minimum absolute atomic E-state index is 0.173. The van der Waals surface area contributed by atoms with Gasteiger partial charge in [-0.2, -0.15) is 0 Å². The lowest BCUT2D eigenvalue weighted by molar-refractivity contribution is -0.147. The number of benzene rings is 1. The van der Waals surface area contributed by atoms with Crippen molar-refractivity contribution in [1.29, 1.82) is 0 Å². The molecule has 118 valence electrons. The molecule has 0 saturated heterocycles. The van der Waals surface area contributed by atoms with Crippen LogP contribution in [0.3, 0.4) is 0 Å². The molecule has 0 aliphatic rings. The number of rotatable bonds is 5. The molecule has 0 fully saturated rings. The van der Waals surface area contributed by atoms with Crippen LogP contribution in [0.1, 0.15) is 10.4 Å². The molecule has 3 N–H and O–H groups in total. The van der Waals surface area contributed by atoms with E-state index in [4.69, 9.17) is 0 Å². The highest BCUT2D eigenvalue weighted by Gasteiger charge is 2.12. The van der Waals surface area contributed by atoms with E-state index < -0.39 is 42.8 Å². The van der Waals surface area contributed by atoms with E-state index in [2.05, 4.69) is 15.4 Å². The Kier molecular flexibility index (Phi) is 6.48. The fourth-order valence-electron chi connectivity index (χ4n) is 1.28. The van der Waals surface area contributed by atoms with Gasteiger partial charge in [0.05, 0.1) is 0 Å². The molecule has 8 nitrogen and oxygen atoms in total. The van der Waals surface area contributed by atoms with Gasteiger partial charge in [0.25, 0.3) is 11.8 Å². The smallest absolute Gasteiger partial charge is 0.325 e. The summed E-state index contributed by atoms with van der Waals surface area (Å²) >= 11 is 0. The number of carbonyl (C=O) groups excluding carboxylic acids is 4. The molecule has 4 amide bonds. The Balaban J connectivity index is 2.31. The minimum Gasteiger partial charge on any atom is -0.454 e. The monoisotopic (exact) mass is 311 g/mol. The van der Waals surface area contributed by atoms with Crippen LogP contribution < -0.4 is 16.0 Å². The maximum atomic E-state index is 12.7. The lowest BCUT2D eigenvalue weighted by Gasteiger charge is -2.06. The number of hydrogen-bond donors (Lipinski definition) is 3. The number of halogens is 1. The lowest BCUT2D eigenvalue weighted by Crippen LogP contribution is -2.40. The maximum Gasteiger partial charge on any atom is 0.325 e. The van der Waals surface area contributed by atoms with Crippen molar-refractivity contribution in [3.63, 3.8) is 0 Å². The first-order valence-electron chi connectivity index (χ1n) is 6.13. The Labute approximate surface area is 125 Å². The number of hydrogen-bond acceptors (Lipinski definition) is 5. The largest absolute Gasteiger partial charge is 0.454 e. The van der Waals surface area contributed by atoms with E-state index in [0.29, 0.717) is 0 Å². The van der Waals surface area contributed by atoms with Crippen LogP contribution >= 0.6 is 0 Å². The predicted octanol–water partition coefficient (Wildman–Crippen LogP) is -0.446. The average Bonchev–Trinajstić information content (AvgIpc) is 2.51. The number of amides is 4. The second kappa shape index (κ2) is 8.35. The van der Waals surface area contributed by atoms with Crippen molar-refractivity contribution in [3.8, 4) is 0 Å². The quantitative estimate of drug-likeness (QED) is 0.638. The standard InChI is InChI=1S/C13H14FN3O5/c1-15-13(21)17-10(18)7-22-11(19)6-16-12(20)8-2-4-9(14)5-3-8/h2-5H,6-7H2,1H3,(H,16,20)(H2,15,17,18,21).